The predicted octanol–water partition coefficient (Wildman–Crippen LogP) is 3.20. The Morgan fingerprint density at radius 3 is 2.38 bits per heavy atom. The molecule has 2 aromatic carbocycles. The molecule has 1 aromatic heterocycles. The number of sulfonamides is 1. The molecule has 0 spiro atoms. The van der Waals surface area contributed by atoms with Gasteiger partial charge in [0.05, 0.1) is 23.5 Å². The number of thiophene rings is 1. The van der Waals surface area contributed by atoms with Crippen LogP contribution >= 0.6 is 11.3 Å². The van der Waals surface area contributed by atoms with E-state index in [0.717, 1.165) is 11.3 Å². The molecule has 0 saturated heterocycles. The highest BCUT2D eigenvalue weighted by atomic mass is 32.2. The van der Waals surface area contributed by atoms with Crippen molar-refractivity contribution in [1.29, 1.82) is 0 Å². The van der Waals surface area contributed by atoms with Crippen molar-refractivity contribution in [2.24, 2.45) is 0 Å². The molecule has 0 saturated carbocycles. The van der Waals surface area contributed by atoms with Crippen LogP contribution in [0.3, 0.4) is 0 Å². The average molecular weight is 474 g/mol. The van der Waals surface area contributed by atoms with Crippen molar-refractivity contribution >= 4 is 44.5 Å². The Hall–Kier alpha value is -3.21. The van der Waals surface area contributed by atoms with Crippen LogP contribution in [0.4, 0.5) is 11.4 Å². The minimum Gasteiger partial charge on any atom is -0.383 e. The molecule has 0 bridgehead atoms. The second kappa shape index (κ2) is 10.4. The first-order valence-corrected chi connectivity index (χ1v) is 12.0. The Balaban J connectivity index is 1.73. The lowest BCUT2D eigenvalue weighted by atomic mass is 10.1. The first-order valence-electron chi connectivity index (χ1n) is 9.64. The van der Waals surface area contributed by atoms with Gasteiger partial charge in [-0.3, -0.25) is 13.9 Å². The Labute approximate surface area is 190 Å². The summed E-state index contributed by atoms with van der Waals surface area (Å²) in [5, 5.41) is 7.16. The van der Waals surface area contributed by atoms with Crippen LogP contribution in [0.15, 0.2) is 70.3 Å². The number of methoxy groups -OCH3 is 1. The van der Waals surface area contributed by atoms with Gasteiger partial charge in [0, 0.05) is 26.3 Å². The van der Waals surface area contributed by atoms with Crippen LogP contribution in [-0.2, 0) is 14.8 Å². The van der Waals surface area contributed by atoms with E-state index in [1.54, 1.807) is 61.0 Å². The van der Waals surface area contributed by atoms with Crippen LogP contribution in [0.1, 0.15) is 20.7 Å². The second-order valence-corrected chi connectivity index (χ2v) is 9.84. The molecular weight excluding hydrogens is 450 g/mol. The third-order valence-corrected chi connectivity index (χ3v) is 7.77. The lowest BCUT2D eigenvalue weighted by molar-refractivity contribution is 0.0938. The molecule has 1 heterocycles. The molecular formula is C22H23N3O5S2. The van der Waals surface area contributed by atoms with Gasteiger partial charge in [0.25, 0.3) is 21.8 Å². The van der Waals surface area contributed by atoms with Crippen LogP contribution in [0.5, 0.6) is 0 Å². The van der Waals surface area contributed by atoms with Gasteiger partial charge >= 0.3 is 0 Å². The Bertz CT molecular complexity index is 1180. The normalized spacial score (nSPS) is 11.1. The van der Waals surface area contributed by atoms with E-state index < -0.39 is 15.9 Å². The summed E-state index contributed by atoms with van der Waals surface area (Å²) in [6.45, 7) is 0.726. The number of ether oxygens (including phenoxy) is 1. The highest BCUT2D eigenvalue weighted by Crippen LogP contribution is 2.25. The summed E-state index contributed by atoms with van der Waals surface area (Å²) in [7, 11) is -0.654. The fraction of sp³-hybridized carbons (Fsp3) is 0.182. The minimum absolute atomic E-state index is 0.238. The maximum absolute atomic E-state index is 12.7. The van der Waals surface area contributed by atoms with Gasteiger partial charge in [-0.25, -0.2) is 8.42 Å². The van der Waals surface area contributed by atoms with Crippen molar-refractivity contribution in [3.05, 3.63) is 77.2 Å². The number of carbonyl (C=O) groups excluding carboxylic acids is 2. The average Bonchev–Trinajstić information content (AvgIpc) is 3.35. The van der Waals surface area contributed by atoms with Crippen LogP contribution in [0.2, 0.25) is 0 Å². The van der Waals surface area contributed by atoms with Crippen molar-refractivity contribution in [3.63, 3.8) is 0 Å². The van der Waals surface area contributed by atoms with E-state index >= 15 is 0 Å². The number of nitrogens with zero attached hydrogens (tertiary/aromatic N) is 1. The minimum atomic E-state index is -3.66. The van der Waals surface area contributed by atoms with E-state index in [1.165, 1.54) is 23.5 Å². The maximum Gasteiger partial charge on any atom is 0.273 e. The summed E-state index contributed by atoms with van der Waals surface area (Å²) >= 11 is 1.14. The molecule has 0 aliphatic carbocycles. The third-order valence-electron chi connectivity index (χ3n) is 4.61. The molecule has 0 radical (unpaired) electrons. The second-order valence-electron chi connectivity index (χ2n) is 6.70. The Morgan fingerprint density at radius 1 is 1.00 bits per heavy atom. The molecule has 0 aliphatic rings. The van der Waals surface area contributed by atoms with E-state index in [1.807, 2.05) is 0 Å². The molecule has 168 valence electrons. The van der Waals surface area contributed by atoms with Gasteiger partial charge in [0.1, 0.15) is 4.21 Å². The molecule has 10 heteroatoms. The van der Waals surface area contributed by atoms with E-state index in [0.29, 0.717) is 35.7 Å². The monoisotopic (exact) mass is 473 g/mol. The molecule has 8 nitrogen and oxygen atoms in total. The SMILES string of the molecule is COCCNC(=O)c1ccccc1NC(=O)c1ccc(N(C)S(=O)(=O)c2cccs2)cc1. The molecule has 3 aromatic rings. The van der Waals surface area contributed by atoms with Gasteiger partial charge in [0.15, 0.2) is 0 Å². The number of hydrogen-bond acceptors (Lipinski definition) is 6. The molecule has 32 heavy (non-hydrogen) atoms. The number of carbonyl (C=O) groups is 2. The zero-order valence-corrected chi connectivity index (χ0v) is 19.2. The first kappa shape index (κ1) is 23.5. The molecule has 2 N–H and O–H groups in total. The van der Waals surface area contributed by atoms with E-state index in [4.69, 9.17) is 4.74 Å². The van der Waals surface area contributed by atoms with Crippen LogP contribution in [-0.4, -0.2) is 47.5 Å². The molecule has 3 rings (SSSR count). The number of amides is 2. The van der Waals surface area contributed by atoms with Crippen LogP contribution in [0, 0.1) is 0 Å². The highest BCUT2D eigenvalue weighted by molar-refractivity contribution is 7.94. The third kappa shape index (κ3) is 5.34. The zero-order chi connectivity index (χ0) is 23.1. The first-order chi connectivity index (χ1) is 15.3. The summed E-state index contributed by atoms with van der Waals surface area (Å²) in [5.41, 5.74) is 1.45. The summed E-state index contributed by atoms with van der Waals surface area (Å²) in [6, 6.07) is 16.1. The zero-order valence-electron chi connectivity index (χ0n) is 17.6. The van der Waals surface area contributed by atoms with Crippen molar-refractivity contribution < 1.29 is 22.7 Å². The molecule has 0 atom stereocenters. The number of para-hydroxylation sites is 1. The molecule has 0 fully saturated rings. The quantitative estimate of drug-likeness (QED) is 0.465. The largest absolute Gasteiger partial charge is 0.383 e. The number of hydrogen-bond donors (Lipinski definition) is 2. The van der Waals surface area contributed by atoms with Gasteiger partial charge in [-0.15, -0.1) is 11.3 Å². The van der Waals surface area contributed by atoms with Crippen molar-refractivity contribution in [1.82, 2.24) is 5.32 Å². The topological polar surface area (TPSA) is 105 Å². The molecule has 0 aliphatic heterocycles. The van der Waals surface area contributed by atoms with E-state index in [2.05, 4.69) is 10.6 Å². The van der Waals surface area contributed by atoms with Gasteiger partial charge in [-0.2, -0.15) is 0 Å². The predicted molar refractivity (Wildman–Crippen MR) is 125 cm³/mol. The number of nitrogens with one attached hydrogen (secondary N) is 2. The van der Waals surface area contributed by atoms with Gasteiger partial charge in [0.2, 0.25) is 0 Å². The Morgan fingerprint density at radius 2 is 1.72 bits per heavy atom. The fourth-order valence-electron chi connectivity index (χ4n) is 2.85. The number of rotatable bonds is 9. The smallest absolute Gasteiger partial charge is 0.273 e. The van der Waals surface area contributed by atoms with E-state index in [-0.39, 0.29) is 10.1 Å². The number of anilines is 2. The standard InChI is InChI=1S/C22H23N3O5S2/c1-25(32(28,29)20-8-5-15-31-20)17-11-9-16(10-12-17)21(26)24-19-7-4-3-6-18(19)22(27)23-13-14-30-2/h3-12,15H,13-14H2,1-2H3,(H,23,27)(H,24,26). The molecule has 2 amide bonds. The molecule has 0 unspecified atom stereocenters. The summed E-state index contributed by atoms with van der Waals surface area (Å²) in [4.78, 5) is 25.1. The fourth-order valence-corrected chi connectivity index (χ4v) is 5.21. The summed E-state index contributed by atoms with van der Waals surface area (Å²) in [5.74, 6) is -0.744. The lowest BCUT2D eigenvalue weighted by Gasteiger charge is -2.18. The van der Waals surface area contributed by atoms with Crippen molar-refractivity contribution in [2.75, 3.05) is 36.9 Å². The Kier molecular flexibility index (Phi) is 7.62. The highest BCUT2D eigenvalue weighted by Gasteiger charge is 2.22. The van der Waals surface area contributed by atoms with Crippen molar-refractivity contribution in [2.45, 2.75) is 4.21 Å². The van der Waals surface area contributed by atoms with Gasteiger partial charge in [-0.1, -0.05) is 18.2 Å². The van der Waals surface area contributed by atoms with Crippen LogP contribution < -0.4 is 14.9 Å². The lowest BCUT2D eigenvalue weighted by Crippen LogP contribution is -2.28. The summed E-state index contributed by atoms with van der Waals surface area (Å²) < 4.78 is 31.7. The summed E-state index contributed by atoms with van der Waals surface area (Å²) in [6.07, 6.45) is 0. The number of benzene rings is 2. The van der Waals surface area contributed by atoms with Crippen LogP contribution in [0.25, 0.3) is 0 Å². The maximum atomic E-state index is 12.7. The van der Waals surface area contributed by atoms with Gasteiger partial charge in [-0.05, 0) is 47.8 Å². The van der Waals surface area contributed by atoms with Crippen molar-refractivity contribution in [3.8, 4) is 0 Å². The van der Waals surface area contributed by atoms with E-state index in [9.17, 15) is 18.0 Å². The van der Waals surface area contributed by atoms with Gasteiger partial charge < -0.3 is 15.4 Å².